The number of alkyl halides is 2. The minimum absolute atomic E-state index is 0.296. The number of piperazine rings is 1. The Morgan fingerprint density at radius 1 is 1.08 bits per heavy atom. The van der Waals surface area contributed by atoms with Gasteiger partial charge in [-0.2, -0.15) is 13.8 Å². The van der Waals surface area contributed by atoms with Crippen LogP contribution in [0.2, 0.25) is 0 Å². The second-order valence-corrected chi connectivity index (χ2v) is 7.55. The van der Waals surface area contributed by atoms with E-state index in [0.717, 1.165) is 0 Å². The van der Waals surface area contributed by atoms with Crippen molar-refractivity contribution in [3.05, 3.63) is 36.7 Å². The minimum Gasteiger partial charge on any atom is -0.480 e. The molecule has 0 spiro atoms. The van der Waals surface area contributed by atoms with E-state index in [1.54, 1.807) is 23.2 Å². The fourth-order valence-corrected chi connectivity index (χ4v) is 3.77. The Kier molecular flexibility index (Phi) is 5.21. The molecule has 0 amide bonds. The molecular formula is C16H18F2N4O3S. The Morgan fingerprint density at radius 2 is 1.73 bits per heavy atom. The second-order valence-electron chi connectivity index (χ2n) is 5.67. The van der Waals surface area contributed by atoms with Crippen LogP contribution in [0.25, 0.3) is 0 Å². The van der Waals surface area contributed by atoms with Crippen molar-refractivity contribution in [3.8, 4) is 5.88 Å². The van der Waals surface area contributed by atoms with Crippen LogP contribution in [0.4, 0.5) is 20.3 Å². The molecule has 1 aliphatic rings. The highest BCUT2D eigenvalue weighted by Gasteiger charge is 2.31. The summed E-state index contributed by atoms with van der Waals surface area (Å²) in [5.41, 5.74) is 0.296. The average molecular weight is 384 g/mol. The topological polar surface area (TPSA) is 75.6 Å². The number of rotatable bonds is 5. The maximum Gasteiger partial charge on any atom is 0.341 e. The standard InChI is InChI=1S/C16H18F2N4O3S/c1-25-15-11-19-10-14(20-15)22-8-6-21(7-9-22)12-4-2-3-5-13(12)26(23,24)16(17)18/h2-5,10-11,16H,6-9H2,1H3. The number of para-hydroxylation sites is 1. The van der Waals surface area contributed by atoms with Crippen molar-refractivity contribution in [2.24, 2.45) is 0 Å². The van der Waals surface area contributed by atoms with Gasteiger partial charge in [0, 0.05) is 26.2 Å². The molecule has 26 heavy (non-hydrogen) atoms. The Hall–Kier alpha value is -2.49. The van der Waals surface area contributed by atoms with Gasteiger partial charge in [0.1, 0.15) is 0 Å². The summed E-state index contributed by atoms with van der Waals surface area (Å²) in [5.74, 6) is -2.40. The van der Waals surface area contributed by atoms with Crippen LogP contribution in [-0.2, 0) is 9.84 Å². The first kappa shape index (κ1) is 18.3. The summed E-state index contributed by atoms with van der Waals surface area (Å²) < 4.78 is 54.8. The highest BCUT2D eigenvalue weighted by atomic mass is 32.2. The number of aromatic nitrogens is 2. The van der Waals surface area contributed by atoms with E-state index in [2.05, 4.69) is 9.97 Å². The predicted octanol–water partition coefficient (Wildman–Crippen LogP) is 1.81. The third-order valence-electron chi connectivity index (χ3n) is 4.16. The summed E-state index contributed by atoms with van der Waals surface area (Å²) in [4.78, 5) is 11.8. The van der Waals surface area contributed by atoms with Crippen LogP contribution in [-0.4, -0.2) is 57.4 Å². The van der Waals surface area contributed by atoms with Gasteiger partial charge in [0.2, 0.25) is 15.7 Å². The monoisotopic (exact) mass is 384 g/mol. The van der Waals surface area contributed by atoms with Gasteiger partial charge in [-0.1, -0.05) is 12.1 Å². The van der Waals surface area contributed by atoms with Gasteiger partial charge in [0.25, 0.3) is 0 Å². The third kappa shape index (κ3) is 3.55. The van der Waals surface area contributed by atoms with Crippen molar-refractivity contribution in [2.45, 2.75) is 10.7 Å². The second kappa shape index (κ2) is 7.40. The summed E-state index contributed by atoms with van der Waals surface area (Å²) in [7, 11) is -3.15. The van der Waals surface area contributed by atoms with Crippen LogP contribution >= 0.6 is 0 Å². The summed E-state index contributed by atoms with van der Waals surface area (Å²) in [6, 6.07) is 5.85. The van der Waals surface area contributed by atoms with Crippen LogP contribution in [0, 0.1) is 0 Å². The maximum absolute atomic E-state index is 13.0. The molecule has 0 radical (unpaired) electrons. The van der Waals surface area contributed by atoms with Crippen molar-refractivity contribution >= 4 is 21.3 Å². The molecule has 10 heteroatoms. The third-order valence-corrected chi connectivity index (χ3v) is 5.59. The molecule has 1 aromatic carbocycles. The highest BCUT2D eigenvalue weighted by Crippen LogP contribution is 2.30. The first-order valence-electron chi connectivity index (χ1n) is 7.90. The number of benzene rings is 1. The number of nitrogens with zero attached hydrogens (tertiary/aromatic N) is 4. The highest BCUT2D eigenvalue weighted by molar-refractivity contribution is 7.91. The van der Waals surface area contributed by atoms with Crippen molar-refractivity contribution in [1.29, 1.82) is 0 Å². The lowest BCUT2D eigenvalue weighted by Gasteiger charge is -2.37. The van der Waals surface area contributed by atoms with Crippen LogP contribution in [0.3, 0.4) is 0 Å². The van der Waals surface area contributed by atoms with Crippen molar-refractivity contribution in [3.63, 3.8) is 0 Å². The van der Waals surface area contributed by atoms with Gasteiger partial charge in [-0.15, -0.1) is 0 Å². The molecule has 2 heterocycles. The molecule has 0 N–H and O–H groups in total. The molecule has 2 aromatic rings. The number of hydrogen-bond donors (Lipinski definition) is 0. The molecular weight excluding hydrogens is 366 g/mol. The summed E-state index contributed by atoms with van der Waals surface area (Å²) in [6.45, 7) is 2.03. The van der Waals surface area contributed by atoms with Gasteiger partial charge < -0.3 is 14.5 Å². The minimum atomic E-state index is -4.66. The van der Waals surface area contributed by atoms with Gasteiger partial charge in [0.05, 0.1) is 30.1 Å². The lowest BCUT2D eigenvalue weighted by atomic mass is 10.2. The van der Waals surface area contributed by atoms with Gasteiger partial charge >= 0.3 is 5.76 Å². The average Bonchev–Trinajstić information content (AvgIpc) is 2.68. The molecule has 1 aromatic heterocycles. The SMILES string of the molecule is COc1cncc(N2CCN(c3ccccc3S(=O)(=O)C(F)F)CC2)n1. The molecule has 7 nitrogen and oxygen atoms in total. The molecule has 140 valence electrons. The molecule has 0 atom stereocenters. The van der Waals surface area contributed by atoms with Crippen LogP contribution in [0.1, 0.15) is 0 Å². The van der Waals surface area contributed by atoms with Gasteiger partial charge in [-0.25, -0.2) is 8.42 Å². The summed E-state index contributed by atoms with van der Waals surface area (Å²) >= 11 is 0. The number of anilines is 2. The van der Waals surface area contributed by atoms with Crippen LogP contribution < -0.4 is 14.5 Å². The largest absolute Gasteiger partial charge is 0.480 e. The van der Waals surface area contributed by atoms with Gasteiger partial charge in [0.15, 0.2) is 5.82 Å². The lowest BCUT2D eigenvalue weighted by Crippen LogP contribution is -2.47. The molecule has 1 saturated heterocycles. The van der Waals surface area contributed by atoms with E-state index < -0.39 is 15.6 Å². The predicted molar refractivity (Wildman–Crippen MR) is 92.6 cm³/mol. The first-order chi connectivity index (χ1) is 12.4. The summed E-state index contributed by atoms with van der Waals surface area (Å²) in [6.07, 6.45) is 3.12. The van der Waals surface area contributed by atoms with E-state index in [1.165, 1.54) is 25.4 Å². The van der Waals surface area contributed by atoms with E-state index in [9.17, 15) is 17.2 Å². The Morgan fingerprint density at radius 3 is 2.38 bits per heavy atom. The van der Waals surface area contributed by atoms with E-state index in [4.69, 9.17) is 4.74 Å². The fraction of sp³-hybridized carbons (Fsp3) is 0.375. The van der Waals surface area contributed by atoms with E-state index in [0.29, 0.717) is 43.6 Å². The Labute approximate surface area is 150 Å². The van der Waals surface area contributed by atoms with Crippen molar-refractivity contribution < 1.29 is 21.9 Å². The van der Waals surface area contributed by atoms with E-state index in [1.807, 2.05) is 4.90 Å². The molecule has 1 aliphatic heterocycles. The number of halogens is 2. The smallest absolute Gasteiger partial charge is 0.341 e. The Balaban J connectivity index is 1.79. The first-order valence-corrected chi connectivity index (χ1v) is 9.45. The molecule has 0 saturated carbocycles. The zero-order valence-corrected chi connectivity index (χ0v) is 14.9. The summed E-state index contributed by atoms with van der Waals surface area (Å²) in [5, 5.41) is 0. The number of hydrogen-bond acceptors (Lipinski definition) is 7. The zero-order valence-electron chi connectivity index (χ0n) is 14.0. The normalized spacial score (nSPS) is 15.4. The fourth-order valence-electron chi connectivity index (χ4n) is 2.82. The molecule has 0 unspecified atom stereocenters. The maximum atomic E-state index is 13.0. The van der Waals surface area contributed by atoms with Gasteiger partial charge in [-0.05, 0) is 12.1 Å². The lowest BCUT2D eigenvalue weighted by molar-refractivity contribution is 0.235. The molecule has 0 bridgehead atoms. The zero-order chi connectivity index (χ0) is 18.7. The Bertz CT molecular complexity index is 871. The molecule has 0 aliphatic carbocycles. The van der Waals surface area contributed by atoms with Crippen LogP contribution in [0.5, 0.6) is 5.88 Å². The molecule has 1 fully saturated rings. The van der Waals surface area contributed by atoms with Crippen molar-refractivity contribution in [2.75, 3.05) is 43.1 Å². The van der Waals surface area contributed by atoms with Crippen molar-refractivity contribution in [1.82, 2.24) is 9.97 Å². The number of ether oxygens (including phenoxy) is 1. The van der Waals surface area contributed by atoms with Crippen LogP contribution in [0.15, 0.2) is 41.6 Å². The number of sulfone groups is 1. The van der Waals surface area contributed by atoms with E-state index in [-0.39, 0.29) is 4.90 Å². The number of methoxy groups -OCH3 is 1. The molecule has 3 rings (SSSR count). The quantitative estimate of drug-likeness (QED) is 0.778. The van der Waals surface area contributed by atoms with E-state index >= 15 is 0 Å². The van der Waals surface area contributed by atoms with Gasteiger partial charge in [-0.3, -0.25) is 4.98 Å².